The molecule has 0 bridgehead atoms. The predicted molar refractivity (Wildman–Crippen MR) is 318 cm³/mol. The Labute approximate surface area is 440 Å². The number of aryl methyl sites for hydroxylation is 11. The van der Waals surface area contributed by atoms with E-state index < -0.39 is 0 Å². The molecule has 0 unspecified atom stereocenters. The first-order valence-corrected chi connectivity index (χ1v) is 27.8. The highest BCUT2D eigenvalue weighted by Crippen LogP contribution is 2.63. The summed E-state index contributed by atoms with van der Waals surface area (Å²) in [5, 5.41) is 0. The quantitative estimate of drug-likeness (QED) is 0.120. The second kappa shape index (κ2) is 24.1. The fourth-order valence-corrected chi connectivity index (χ4v) is 10.9. The molecule has 1 spiro atoms. The molecule has 7 aromatic carbocycles. The third-order valence-electron chi connectivity index (χ3n) is 15.6. The monoisotopic (exact) mass is 957 g/mol. The van der Waals surface area contributed by atoms with Crippen molar-refractivity contribution in [3.8, 4) is 22.3 Å². The summed E-state index contributed by atoms with van der Waals surface area (Å²) in [6.45, 7) is 38.2. The predicted octanol–water partition coefficient (Wildman–Crippen LogP) is 20.7. The Kier molecular flexibility index (Phi) is 18.7. The third-order valence-corrected chi connectivity index (χ3v) is 15.6. The van der Waals surface area contributed by atoms with E-state index in [-0.39, 0.29) is 16.2 Å². The van der Waals surface area contributed by atoms with Crippen LogP contribution < -0.4 is 0 Å². The van der Waals surface area contributed by atoms with Crippen molar-refractivity contribution in [2.45, 2.75) is 198 Å². The Balaban J connectivity index is 0.000000188. The van der Waals surface area contributed by atoms with Crippen molar-refractivity contribution in [3.05, 3.63) is 222 Å². The van der Waals surface area contributed by atoms with Crippen LogP contribution >= 0.6 is 0 Å². The molecule has 2 aliphatic rings. The van der Waals surface area contributed by atoms with Crippen LogP contribution in [0.5, 0.6) is 0 Å². The standard InChI is InChI=1S/C35H36.C15H24.C14H22.C8H10/c1-21-9-13-25-26-14-10-22(2)18-30(26)35(29(25)17-21)31-19-23(33(3,4)5)11-15-27(31)28-16-12-24(20-32(28)35)34(6,7)8;1-5-6-7-8-9-15-11-13(3)12(2)10-14(15)4;1-4-5-6-7-8-14-11-12(2)9-10-13(14)3;1-7-3-5-8(2)6-4-7/h9-20H,1-8H3;10-11H,5-9H2,1-4H3;9-11H,4-8H2,1-3H3;3-6H,1-2H3. The summed E-state index contributed by atoms with van der Waals surface area (Å²) in [6, 6.07) is 48.6. The van der Waals surface area contributed by atoms with Gasteiger partial charge in [0.25, 0.3) is 0 Å². The molecule has 0 N–H and O–H groups in total. The maximum absolute atomic E-state index is 2.52. The molecule has 9 rings (SSSR count). The molecule has 0 radical (unpaired) electrons. The SMILES string of the molecule is CCCCCCc1cc(C)c(C)cc1C.CCCCCCc1cc(C)ccc1C.Cc1ccc(C)cc1.Cc1ccc2c(c1)C1(c3cc(C)ccc3-2)c2cc(C(C)(C)C)ccc2-c2ccc(C(C)(C)C)cc21. The molecule has 0 heteroatoms. The largest absolute Gasteiger partial charge is 0.0725 e. The lowest BCUT2D eigenvalue weighted by molar-refractivity contribution is 0.586. The van der Waals surface area contributed by atoms with Crippen LogP contribution in [0.2, 0.25) is 0 Å². The van der Waals surface area contributed by atoms with Gasteiger partial charge in [-0.3, -0.25) is 0 Å². The topological polar surface area (TPSA) is 0 Å². The smallest absolute Gasteiger partial charge is 0.0654 e. The van der Waals surface area contributed by atoms with Gasteiger partial charge in [-0.2, -0.15) is 0 Å². The van der Waals surface area contributed by atoms with Gasteiger partial charge >= 0.3 is 0 Å². The van der Waals surface area contributed by atoms with Crippen LogP contribution in [0.25, 0.3) is 22.3 Å². The minimum atomic E-state index is -0.282. The number of fused-ring (bicyclic) bond motifs is 10. The number of unbranched alkanes of at least 4 members (excludes halogenated alkanes) is 6. The van der Waals surface area contributed by atoms with Crippen LogP contribution in [-0.2, 0) is 29.1 Å². The zero-order chi connectivity index (χ0) is 52.5. The van der Waals surface area contributed by atoms with E-state index >= 15 is 0 Å². The Morgan fingerprint density at radius 3 is 1.07 bits per heavy atom. The summed E-state index contributed by atoms with van der Waals surface area (Å²) in [7, 11) is 0. The van der Waals surface area contributed by atoms with Crippen molar-refractivity contribution in [2.75, 3.05) is 0 Å². The number of benzene rings is 7. The summed E-state index contributed by atoms with van der Waals surface area (Å²) < 4.78 is 0. The molecule has 72 heavy (non-hydrogen) atoms. The van der Waals surface area contributed by atoms with Crippen molar-refractivity contribution < 1.29 is 0 Å². The van der Waals surface area contributed by atoms with Gasteiger partial charge in [-0.05, 0) is 188 Å². The van der Waals surface area contributed by atoms with E-state index in [0.29, 0.717) is 0 Å². The van der Waals surface area contributed by atoms with Crippen molar-refractivity contribution in [1.82, 2.24) is 0 Å². The highest BCUT2D eigenvalue weighted by Gasteiger charge is 2.52. The average Bonchev–Trinajstić information content (AvgIpc) is 3.78. The molecular weight excluding hydrogens is 865 g/mol. The first kappa shape index (κ1) is 55.8. The van der Waals surface area contributed by atoms with E-state index in [1.807, 2.05) is 0 Å². The van der Waals surface area contributed by atoms with Gasteiger partial charge in [-0.15, -0.1) is 0 Å². The van der Waals surface area contributed by atoms with Crippen LogP contribution in [0.3, 0.4) is 0 Å². The lowest BCUT2D eigenvalue weighted by atomic mass is 9.68. The fraction of sp³-hybridized carbons (Fsp3) is 0.417. The van der Waals surface area contributed by atoms with E-state index in [4.69, 9.17) is 0 Å². The normalized spacial score (nSPS) is 12.6. The second-order valence-corrected chi connectivity index (χ2v) is 23.9. The highest BCUT2D eigenvalue weighted by molar-refractivity contribution is 5.95. The van der Waals surface area contributed by atoms with Gasteiger partial charge in [0.1, 0.15) is 0 Å². The van der Waals surface area contributed by atoms with Crippen LogP contribution in [-0.4, -0.2) is 0 Å². The minimum absolute atomic E-state index is 0.0883. The minimum Gasteiger partial charge on any atom is -0.0654 e. The maximum atomic E-state index is 2.52. The summed E-state index contributed by atoms with van der Waals surface area (Å²) in [4.78, 5) is 0. The molecule has 0 nitrogen and oxygen atoms in total. The highest BCUT2D eigenvalue weighted by atomic mass is 14.5. The Bertz CT molecular complexity index is 2780. The molecule has 0 fully saturated rings. The third kappa shape index (κ3) is 13.0. The molecule has 380 valence electrons. The van der Waals surface area contributed by atoms with Gasteiger partial charge in [-0.25, -0.2) is 0 Å². The first-order chi connectivity index (χ1) is 34.1. The summed E-state index contributed by atoms with van der Waals surface area (Å²) in [6.07, 6.45) is 13.4. The molecule has 0 aromatic heterocycles. The molecule has 7 aromatic rings. The average molecular weight is 958 g/mol. The maximum Gasteiger partial charge on any atom is 0.0725 e. The zero-order valence-corrected chi connectivity index (χ0v) is 48.2. The first-order valence-electron chi connectivity index (χ1n) is 27.8. The molecule has 0 heterocycles. The Morgan fingerprint density at radius 2 is 0.653 bits per heavy atom. The molecule has 0 aliphatic heterocycles. The van der Waals surface area contributed by atoms with Gasteiger partial charge in [0.2, 0.25) is 0 Å². The number of hydrogen-bond acceptors (Lipinski definition) is 0. The summed E-state index contributed by atoms with van der Waals surface area (Å²) in [5.74, 6) is 0. The van der Waals surface area contributed by atoms with E-state index in [1.165, 1.54) is 170 Å². The molecule has 0 saturated heterocycles. The van der Waals surface area contributed by atoms with E-state index in [0.717, 1.165) is 0 Å². The molecule has 2 aliphatic carbocycles. The van der Waals surface area contributed by atoms with Gasteiger partial charge in [0.05, 0.1) is 5.41 Å². The van der Waals surface area contributed by atoms with E-state index in [1.54, 1.807) is 11.1 Å². The molecular formula is C72H92. The lowest BCUT2D eigenvalue weighted by Crippen LogP contribution is -2.27. The van der Waals surface area contributed by atoms with Crippen molar-refractivity contribution in [1.29, 1.82) is 0 Å². The van der Waals surface area contributed by atoms with Crippen LogP contribution in [0.4, 0.5) is 0 Å². The number of hydrogen-bond donors (Lipinski definition) is 0. The van der Waals surface area contributed by atoms with Gasteiger partial charge < -0.3 is 0 Å². The van der Waals surface area contributed by atoms with Crippen molar-refractivity contribution in [3.63, 3.8) is 0 Å². The lowest BCUT2D eigenvalue weighted by Gasteiger charge is -2.33. The fourth-order valence-electron chi connectivity index (χ4n) is 10.9. The summed E-state index contributed by atoms with van der Waals surface area (Å²) in [5.41, 5.74) is 29.6. The van der Waals surface area contributed by atoms with Crippen molar-refractivity contribution >= 4 is 0 Å². The Morgan fingerprint density at radius 1 is 0.306 bits per heavy atom. The van der Waals surface area contributed by atoms with Crippen LogP contribution in [0.1, 0.15) is 201 Å². The molecule has 0 saturated carbocycles. The molecule has 0 atom stereocenters. The van der Waals surface area contributed by atoms with Gasteiger partial charge in [0.15, 0.2) is 0 Å². The molecule has 0 amide bonds. The Hall–Kier alpha value is -5.46. The van der Waals surface area contributed by atoms with Crippen molar-refractivity contribution in [2.24, 2.45) is 0 Å². The van der Waals surface area contributed by atoms with E-state index in [9.17, 15) is 0 Å². The summed E-state index contributed by atoms with van der Waals surface area (Å²) >= 11 is 0. The number of rotatable bonds is 10. The van der Waals surface area contributed by atoms with Gasteiger partial charge in [0, 0.05) is 0 Å². The van der Waals surface area contributed by atoms with Crippen LogP contribution in [0, 0.1) is 62.3 Å². The van der Waals surface area contributed by atoms with Crippen LogP contribution in [0.15, 0.2) is 127 Å². The zero-order valence-electron chi connectivity index (χ0n) is 48.2. The van der Waals surface area contributed by atoms with Gasteiger partial charge in [-0.1, -0.05) is 249 Å². The van der Waals surface area contributed by atoms with E-state index in [2.05, 4.69) is 245 Å². The second-order valence-electron chi connectivity index (χ2n) is 23.9.